The monoisotopic (exact) mass is 169 g/mol. The lowest BCUT2D eigenvalue weighted by atomic mass is 9.66. The quantitative estimate of drug-likeness (QED) is 0.591. The van der Waals surface area contributed by atoms with E-state index in [0.29, 0.717) is 0 Å². The summed E-state index contributed by atoms with van der Waals surface area (Å²) in [5.74, 6) is 0. The fraction of sp³-hybridized carbons (Fsp3) is 0.900. The molecule has 0 aromatic heterocycles. The second-order valence-corrected chi connectivity index (χ2v) is 5.00. The van der Waals surface area contributed by atoms with Crippen LogP contribution in [0.5, 0.6) is 0 Å². The van der Waals surface area contributed by atoms with E-state index in [1.165, 1.54) is 5.71 Å². The minimum absolute atomic E-state index is 0.142. The average molecular weight is 169 g/mol. The summed E-state index contributed by atoms with van der Waals surface area (Å²) in [6.07, 6.45) is 0.990. The Bertz CT molecular complexity index is 198. The molecule has 70 valence electrons. The van der Waals surface area contributed by atoms with Crippen LogP contribution in [-0.4, -0.2) is 12.3 Å². The highest BCUT2D eigenvalue weighted by Crippen LogP contribution is 2.40. The van der Waals surface area contributed by atoms with E-state index in [9.17, 15) is 0 Å². The van der Waals surface area contributed by atoms with E-state index in [4.69, 9.17) is 4.84 Å². The third kappa shape index (κ3) is 1.47. The highest BCUT2D eigenvalue weighted by atomic mass is 16.6. The molecular weight excluding hydrogens is 150 g/mol. The van der Waals surface area contributed by atoms with Crippen molar-refractivity contribution < 1.29 is 4.84 Å². The molecular formula is C10H19NO. The van der Waals surface area contributed by atoms with E-state index < -0.39 is 0 Å². The Morgan fingerprint density at radius 3 is 2.08 bits per heavy atom. The first kappa shape index (κ1) is 9.56. The largest absolute Gasteiger partial charge is 0.395 e. The zero-order valence-electron chi connectivity index (χ0n) is 8.77. The third-order valence-corrected chi connectivity index (χ3v) is 3.20. The van der Waals surface area contributed by atoms with E-state index in [2.05, 4.69) is 39.8 Å². The van der Waals surface area contributed by atoms with Gasteiger partial charge in [0.1, 0.15) is 6.61 Å². The van der Waals surface area contributed by atoms with Gasteiger partial charge in [0.05, 0.1) is 5.71 Å². The van der Waals surface area contributed by atoms with Crippen molar-refractivity contribution in [3.8, 4) is 0 Å². The van der Waals surface area contributed by atoms with Crippen molar-refractivity contribution in [2.75, 3.05) is 6.61 Å². The summed E-state index contributed by atoms with van der Waals surface area (Å²) in [6, 6.07) is 0. The Hall–Kier alpha value is -0.530. The Labute approximate surface area is 75.0 Å². The summed E-state index contributed by atoms with van der Waals surface area (Å²) < 4.78 is 0. The van der Waals surface area contributed by atoms with E-state index in [0.717, 1.165) is 13.0 Å². The lowest BCUT2D eigenvalue weighted by Gasteiger charge is -2.38. The standard InChI is InChI=1S/C10H19NO/c1-9(2,3)10(4,5)8-6-7-12-11-8/h6-7H2,1-5H3. The summed E-state index contributed by atoms with van der Waals surface area (Å²) in [5, 5.41) is 4.09. The van der Waals surface area contributed by atoms with Gasteiger partial charge in [-0.05, 0) is 5.41 Å². The molecule has 12 heavy (non-hydrogen) atoms. The number of oxime groups is 1. The van der Waals surface area contributed by atoms with Crippen LogP contribution < -0.4 is 0 Å². The predicted molar refractivity (Wildman–Crippen MR) is 51.2 cm³/mol. The molecule has 0 fully saturated rings. The normalized spacial score (nSPS) is 18.9. The van der Waals surface area contributed by atoms with Gasteiger partial charge in [-0.2, -0.15) is 0 Å². The molecule has 0 aromatic carbocycles. The Kier molecular flexibility index (Phi) is 2.19. The molecule has 0 N–H and O–H groups in total. The molecule has 0 amide bonds. The molecule has 2 heteroatoms. The SMILES string of the molecule is CC(C)(C)C(C)(C)C1=NOCC1. The average Bonchev–Trinajstić information content (AvgIpc) is 2.34. The first-order chi connectivity index (χ1) is 5.36. The molecule has 0 spiro atoms. The van der Waals surface area contributed by atoms with Crippen molar-refractivity contribution >= 4 is 5.71 Å². The molecule has 1 rings (SSSR count). The van der Waals surface area contributed by atoms with Crippen molar-refractivity contribution in [2.24, 2.45) is 16.0 Å². The number of hydrogen-bond acceptors (Lipinski definition) is 2. The van der Waals surface area contributed by atoms with Crippen LogP contribution in [-0.2, 0) is 4.84 Å². The number of nitrogens with zero attached hydrogens (tertiary/aromatic N) is 1. The first-order valence-corrected chi connectivity index (χ1v) is 4.55. The van der Waals surface area contributed by atoms with Gasteiger partial charge in [0.25, 0.3) is 0 Å². The van der Waals surface area contributed by atoms with Gasteiger partial charge in [-0.25, -0.2) is 0 Å². The van der Waals surface area contributed by atoms with Crippen LogP contribution in [0.15, 0.2) is 5.16 Å². The van der Waals surface area contributed by atoms with Gasteiger partial charge < -0.3 is 4.84 Å². The summed E-state index contributed by atoms with van der Waals surface area (Å²) in [5.41, 5.74) is 1.60. The van der Waals surface area contributed by atoms with Crippen LogP contribution >= 0.6 is 0 Å². The van der Waals surface area contributed by atoms with Crippen LogP contribution in [0.2, 0.25) is 0 Å². The predicted octanol–water partition coefficient (Wildman–Crippen LogP) is 2.84. The van der Waals surface area contributed by atoms with Crippen molar-refractivity contribution in [3.05, 3.63) is 0 Å². The molecule has 0 radical (unpaired) electrons. The fourth-order valence-electron chi connectivity index (χ4n) is 1.17. The Morgan fingerprint density at radius 1 is 1.17 bits per heavy atom. The summed E-state index contributed by atoms with van der Waals surface area (Å²) in [7, 11) is 0. The topological polar surface area (TPSA) is 21.6 Å². The van der Waals surface area contributed by atoms with E-state index in [-0.39, 0.29) is 10.8 Å². The van der Waals surface area contributed by atoms with E-state index >= 15 is 0 Å². The second-order valence-electron chi connectivity index (χ2n) is 5.00. The molecule has 0 bridgehead atoms. The lowest BCUT2D eigenvalue weighted by molar-refractivity contribution is 0.170. The summed E-state index contributed by atoms with van der Waals surface area (Å²) in [4.78, 5) is 5.03. The van der Waals surface area contributed by atoms with Crippen LogP contribution in [0.4, 0.5) is 0 Å². The molecule has 0 aliphatic carbocycles. The number of rotatable bonds is 1. The van der Waals surface area contributed by atoms with Gasteiger partial charge in [-0.15, -0.1) is 0 Å². The molecule has 0 saturated heterocycles. The Balaban J connectivity index is 2.84. The molecule has 1 aliphatic rings. The molecule has 0 aromatic rings. The maximum absolute atomic E-state index is 5.03. The minimum Gasteiger partial charge on any atom is -0.395 e. The van der Waals surface area contributed by atoms with E-state index in [1.807, 2.05) is 0 Å². The van der Waals surface area contributed by atoms with Crippen molar-refractivity contribution in [1.82, 2.24) is 0 Å². The van der Waals surface area contributed by atoms with Gasteiger partial charge in [0.15, 0.2) is 0 Å². The first-order valence-electron chi connectivity index (χ1n) is 4.55. The molecule has 1 heterocycles. The smallest absolute Gasteiger partial charge is 0.122 e. The van der Waals surface area contributed by atoms with Gasteiger partial charge >= 0.3 is 0 Å². The zero-order chi connectivity index (χ0) is 9.41. The molecule has 2 nitrogen and oxygen atoms in total. The third-order valence-electron chi connectivity index (χ3n) is 3.20. The second kappa shape index (κ2) is 2.75. The fourth-order valence-corrected chi connectivity index (χ4v) is 1.17. The molecule has 1 aliphatic heterocycles. The number of hydrogen-bond donors (Lipinski definition) is 0. The van der Waals surface area contributed by atoms with Gasteiger partial charge in [-0.3, -0.25) is 0 Å². The molecule has 0 unspecified atom stereocenters. The van der Waals surface area contributed by atoms with Crippen molar-refractivity contribution in [1.29, 1.82) is 0 Å². The van der Waals surface area contributed by atoms with Crippen LogP contribution in [0.3, 0.4) is 0 Å². The van der Waals surface area contributed by atoms with Crippen molar-refractivity contribution in [3.63, 3.8) is 0 Å². The van der Waals surface area contributed by atoms with Crippen LogP contribution in [0.25, 0.3) is 0 Å². The molecule has 0 atom stereocenters. The lowest BCUT2D eigenvalue weighted by Crippen LogP contribution is -2.36. The van der Waals surface area contributed by atoms with Gasteiger partial charge in [0, 0.05) is 11.8 Å². The zero-order valence-corrected chi connectivity index (χ0v) is 8.77. The maximum atomic E-state index is 5.03. The van der Waals surface area contributed by atoms with Gasteiger partial charge in [0.2, 0.25) is 0 Å². The summed E-state index contributed by atoms with van der Waals surface area (Å²) >= 11 is 0. The van der Waals surface area contributed by atoms with Gasteiger partial charge in [-0.1, -0.05) is 39.8 Å². The minimum atomic E-state index is 0.142. The molecule has 0 saturated carbocycles. The summed E-state index contributed by atoms with van der Waals surface area (Å²) in [6.45, 7) is 12.0. The van der Waals surface area contributed by atoms with Crippen molar-refractivity contribution in [2.45, 2.75) is 41.0 Å². The maximum Gasteiger partial charge on any atom is 0.122 e. The Morgan fingerprint density at radius 2 is 1.75 bits per heavy atom. The van der Waals surface area contributed by atoms with Crippen LogP contribution in [0.1, 0.15) is 41.0 Å². The van der Waals surface area contributed by atoms with E-state index in [1.54, 1.807) is 0 Å². The highest BCUT2D eigenvalue weighted by Gasteiger charge is 2.38. The van der Waals surface area contributed by atoms with Crippen LogP contribution in [0, 0.1) is 10.8 Å². The highest BCUT2D eigenvalue weighted by molar-refractivity contribution is 5.90.